The van der Waals surface area contributed by atoms with Gasteiger partial charge in [-0.05, 0) is 67.3 Å². The Morgan fingerprint density at radius 2 is 1.85 bits per heavy atom. The van der Waals surface area contributed by atoms with Gasteiger partial charge in [0.2, 0.25) is 5.91 Å². The van der Waals surface area contributed by atoms with E-state index in [0.29, 0.717) is 30.2 Å². The summed E-state index contributed by atoms with van der Waals surface area (Å²) in [5.41, 5.74) is 8.53. The molecule has 216 valence electrons. The highest BCUT2D eigenvalue weighted by Gasteiger charge is 2.29. The van der Waals surface area contributed by atoms with E-state index < -0.39 is 17.8 Å². The lowest BCUT2D eigenvalue weighted by Gasteiger charge is -2.28. The number of para-hydroxylation sites is 1. The van der Waals surface area contributed by atoms with Crippen LogP contribution in [-0.4, -0.2) is 61.2 Å². The molecule has 1 heterocycles. The number of carbonyl (C=O) groups excluding carboxylic acids is 2. The van der Waals surface area contributed by atoms with Crippen LogP contribution in [0.4, 0.5) is 31.9 Å². The molecule has 1 unspecified atom stereocenters. The highest BCUT2D eigenvalue weighted by atomic mass is 19.1. The van der Waals surface area contributed by atoms with Crippen molar-refractivity contribution in [1.29, 1.82) is 0 Å². The number of nitrogen functional groups attached to an aromatic ring is 1. The molecule has 3 amide bonds. The summed E-state index contributed by atoms with van der Waals surface area (Å²) in [6.45, 7) is 1.32. The Balaban J connectivity index is 1.34. The minimum Gasteiger partial charge on any atom is -0.495 e. The summed E-state index contributed by atoms with van der Waals surface area (Å²) in [4.78, 5) is 40.7. The van der Waals surface area contributed by atoms with Gasteiger partial charge >= 0.3 is 12.0 Å². The average Bonchev–Trinajstić information content (AvgIpc) is 3.42. The normalized spacial score (nSPS) is 14.4. The molecular formula is C30H34FN5O5. The SMILES string of the molecule is COc1cc(CC(=O)N2CCCC2CCN(C)c2ccc(C(=O)O)cc2N)ccc1NC(=O)Nc1ccccc1F. The van der Waals surface area contributed by atoms with Gasteiger partial charge in [0.1, 0.15) is 11.6 Å². The van der Waals surface area contributed by atoms with Crippen LogP contribution < -0.4 is 26.0 Å². The Bertz CT molecular complexity index is 1430. The average molecular weight is 564 g/mol. The number of aromatic carboxylic acids is 1. The molecule has 3 aromatic rings. The number of halogens is 1. The van der Waals surface area contributed by atoms with Crippen molar-refractivity contribution in [2.45, 2.75) is 31.7 Å². The number of methoxy groups -OCH3 is 1. The van der Waals surface area contributed by atoms with Gasteiger partial charge in [0.25, 0.3) is 0 Å². The Kier molecular flexibility index (Phi) is 9.28. The van der Waals surface area contributed by atoms with Crippen LogP contribution in [0.1, 0.15) is 35.2 Å². The van der Waals surface area contributed by atoms with Gasteiger partial charge in [0.05, 0.1) is 41.8 Å². The van der Waals surface area contributed by atoms with Crippen LogP contribution in [0.2, 0.25) is 0 Å². The summed E-state index contributed by atoms with van der Waals surface area (Å²) in [6.07, 6.45) is 2.73. The molecule has 1 aliphatic rings. The zero-order valence-corrected chi connectivity index (χ0v) is 23.0. The maximum absolute atomic E-state index is 13.9. The number of benzene rings is 3. The molecule has 1 fully saturated rings. The number of anilines is 4. The number of carbonyl (C=O) groups is 3. The first-order chi connectivity index (χ1) is 19.7. The summed E-state index contributed by atoms with van der Waals surface area (Å²) in [7, 11) is 3.36. The quantitative estimate of drug-likeness (QED) is 0.260. The molecule has 0 radical (unpaired) electrons. The van der Waals surface area contributed by atoms with Gasteiger partial charge in [-0.1, -0.05) is 18.2 Å². The van der Waals surface area contributed by atoms with E-state index in [1.54, 1.807) is 30.3 Å². The number of urea groups is 1. The number of nitrogens with two attached hydrogens (primary N) is 1. The minimum atomic E-state index is -1.03. The molecule has 0 aliphatic carbocycles. The number of amides is 3. The number of carboxylic acids is 1. The standard InChI is InChI=1S/C30H34FN5O5/c1-35(26-12-10-20(29(38)39)18-23(26)32)15-13-21-6-5-14-36(21)28(37)17-19-9-11-25(27(16-19)41-2)34-30(40)33-24-8-4-3-7-22(24)31/h3-4,7-12,16,18,21H,5-6,13-15,17,32H2,1-2H3,(H,38,39)(H2,33,34,40). The van der Waals surface area contributed by atoms with Crippen LogP contribution in [0, 0.1) is 5.82 Å². The van der Waals surface area contributed by atoms with Crippen molar-refractivity contribution in [3.05, 3.63) is 77.6 Å². The van der Waals surface area contributed by atoms with Gasteiger partial charge in [-0.25, -0.2) is 14.0 Å². The number of ether oxygens (including phenoxy) is 1. The van der Waals surface area contributed by atoms with Gasteiger partial charge in [-0.15, -0.1) is 0 Å². The van der Waals surface area contributed by atoms with Gasteiger partial charge in [-0.2, -0.15) is 0 Å². The van der Waals surface area contributed by atoms with E-state index in [1.807, 2.05) is 16.8 Å². The Morgan fingerprint density at radius 3 is 2.56 bits per heavy atom. The second-order valence-electron chi connectivity index (χ2n) is 9.94. The fourth-order valence-electron chi connectivity index (χ4n) is 5.03. The molecule has 0 aromatic heterocycles. The van der Waals surface area contributed by atoms with Gasteiger partial charge in [0, 0.05) is 26.2 Å². The first-order valence-corrected chi connectivity index (χ1v) is 13.3. The number of hydrogen-bond acceptors (Lipinski definition) is 6. The predicted molar refractivity (Wildman–Crippen MR) is 156 cm³/mol. The molecule has 1 saturated heterocycles. The smallest absolute Gasteiger partial charge is 0.335 e. The van der Waals surface area contributed by atoms with Gasteiger partial charge < -0.3 is 36.0 Å². The maximum atomic E-state index is 13.9. The van der Waals surface area contributed by atoms with E-state index >= 15 is 0 Å². The second kappa shape index (κ2) is 13.0. The number of likely N-dealkylation sites (tertiary alicyclic amines) is 1. The van der Waals surface area contributed by atoms with Crippen LogP contribution >= 0.6 is 0 Å². The molecule has 4 rings (SSSR count). The van der Waals surface area contributed by atoms with E-state index in [9.17, 15) is 18.8 Å². The van der Waals surface area contributed by atoms with E-state index in [2.05, 4.69) is 10.6 Å². The Labute approximate surface area is 237 Å². The van der Waals surface area contributed by atoms with Crippen LogP contribution in [0.25, 0.3) is 0 Å². The van der Waals surface area contributed by atoms with E-state index in [1.165, 1.54) is 37.4 Å². The topological polar surface area (TPSA) is 137 Å². The van der Waals surface area contributed by atoms with Crippen molar-refractivity contribution >= 4 is 40.7 Å². The highest BCUT2D eigenvalue weighted by molar-refractivity contribution is 6.00. The van der Waals surface area contributed by atoms with Gasteiger partial charge in [-0.3, -0.25) is 4.79 Å². The zero-order chi connectivity index (χ0) is 29.5. The van der Waals surface area contributed by atoms with E-state index in [-0.39, 0.29) is 29.6 Å². The summed E-state index contributed by atoms with van der Waals surface area (Å²) < 4.78 is 19.3. The third-order valence-corrected chi connectivity index (χ3v) is 7.17. The largest absolute Gasteiger partial charge is 0.495 e. The number of carboxylic acid groups (broad SMARTS) is 1. The number of rotatable bonds is 10. The fraction of sp³-hybridized carbons (Fsp3) is 0.300. The molecule has 1 atom stereocenters. The van der Waals surface area contributed by atoms with Gasteiger partial charge in [0.15, 0.2) is 0 Å². The lowest BCUT2D eigenvalue weighted by Crippen LogP contribution is -2.38. The number of nitrogens with one attached hydrogen (secondary N) is 2. The Hall–Kier alpha value is -4.80. The summed E-state index contributed by atoms with van der Waals surface area (Å²) >= 11 is 0. The van der Waals surface area contributed by atoms with E-state index in [4.69, 9.17) is 15.6 Å². The first-order valence-electron chi connectivity index (χ1n) is 13.3. The predicted octanol–water partition coefficient (Wildman–Crippen LogP) is 4.82. The second-order valence-corrected chi connectivity index (χ2v) is 9.94. The molecular weight excluding hydrogens is 529 g/mol. The van der Waals surface area contributed by atoms with Crippen molar-refractivity contribution < 1.29 is 28.6 Å². The van der Waals surface area contributed by atoms with Crippen LogP contribution in [0.3, 0.4) is 0 Å². The molecule has 41 heavy (non-hydrogen) atoms. The maximum Gasteiger partial charge on any atom is 0.335 e. The summed E-state index contributed by atoms with van der Waals surface area (Å²) in [5, 5.41) is 14.3. The molecule has 1 aliphatic heterocycles. The fourth-order valence-corrected chi connectivity index (χ4v) is 5.03. The molecule has 11 heteroatoms. The summed E-state index contributed by atoms with van der Waals surface area (Å²) in [5.74, 6) is -1.20. The number of hydrogen-bond donors (Lipinski definition) is 4. The lowest BCUT2D eigenvalue weighted by atomic mass is 10.1. The minimum absolute atomic E-state index is 0.000496. The van der Waals surface area contributed by atoms with E-state index in [0.717, 1.165) is 30.5 Å². The van der Waals surface area contributed by atoms with Crippen molar-refractivity contribution in [3.63, 3.8) is 0 Å². The lowest BCUT2D eigenvalue weighted by molar-refractivity contribution is -0.131. The summed E-state index contributed by atoms with van der Waals surface area (Å²) in [6, 6.07) is 15.1. The first kappa shape index (κ1) is 29.2. The third kappa shape index (κ3) is 7.24. The van der Waals surface area contributed by atoms with Crippen molar-refractivity contribution in [1.82, 2.24) is 4.90 Å². The van der Waals surface area contributed by atoms with Crippen molar-refractivity contribution in [2.24, 2.45) is 0 Å². The molecule has 0 bridgehead atoms. The van der Waals surface area contributed by atoms with Crippen LogP contribution in [0.15, 0.2) is 60.7 Å². The molecule has 10 nitrogen and oxygen atoms in total. The van der Waals surface area contributed by atoms with Crippen molar-refractivity contribution in [3.8, 4) is 5.75 Å². The Morgan fingerprint density at radius 1 is 1.10 bits per heavy atom. The van der Waals surface area contributed by atoms with Crippen LogP contribution in [-0.2, 0) is 11.2 Å². The zero-order valence-electron chi connectivity index (χ0n) is 23.0. The van der Waals surface area contributed by atoms with Crippen LogP contribution in [0.5, 0.6) is 5.75 Å². The number of nitrogens with zero attached hydrogens (tertiary/aromatic N) is 2. The molecule has 0 spiro atoms. The molecule has 5 N–H and O–H groups in total. The third-order valence-electron chi connectivity index (χ3n) is 7.17. The molecule has 0 saturated carbocycles. The van der Waals surface area contributed by atoms with Crippen molar-refractivity contribution in [2.75, 3.05) is 48.5 Å². The monoisotopic (exact) mass is 563 g/mol. The molecule has 3 aromatic carbocycles. The highest BCUT2D eigenvalue weighted by Crippen LogP contribution is 2.29.